The fourth-order valence-corrected chi connectivity index (χ4v) is 2.42. The Morgan fingerprint density at radius 2 is 2.12 bits per heavy atom. The highest BCUT2D eigenvalue weighted by atomic mass is 32.1. The standard InChI is InChI=1S/C13H15FN2S/c1-9(11-4-3-5-12(14)8-11)16-10(2)13-15-6-7-17-13/h3-10,16H,1-2H3. The van der Waals surface area contributed by atoms with Crippen LogP contribution in [0.2, 0.25) is 0 Å². The normalized spacial score (nSPS) is 14.5. The van der Waals surface area contributed by atoms with Crippen LogP contribution in [0.15, 0.2) is 35.8 Å². The smallest absolute Gasteiger partial charge is 0.123 e. The second-order valence-corrected chi connectivity index (χ2v) is 4.96. The van der Waals surface area contributed by atoms with Crippen LogP contribution in [0.4, 0.5) is 4.39 Å². The Morgan fingerprint density at radius 1 is 1.29 bits per heavy atom. The molecule has 0 bridgehead atoms. The zero-order valence-electron chi connectivity index (χ0n) is 9.85. The van der Waals surface area contributed by atoms with Gasteiger partial charge in [-0.25, -0.2) is 9.37 Å². The number of hydrogen-bond acceptors (Lipinski definition) is 3. The minimum atomic E-state index is -0.196. The number of hydrogen-bond donors (Lipinski definition) is 1. The molecule has 1 aromatic heterocycles. The molecule has 0 amide bonds. The van der Waals surface area contributed by atoms with Crippen LogP contribution in [0.25, 0.3) is 0 Å². The Balaban J connectivity index is 2.04. The third-order valence-electron chi connectivity index (χ3n) is 2.67. The first-order chi connectivity index (χ1) is 8.16. The van der Waals surface area contributed by atoms with Crippen LogP contribution < -0.4 is 5.32 Å². The van der Waals surface area contributed by atoms with E-state index in [1.807, 2.05) is 18.4 Å². The highest BCUT2D eigenvalue weighted by Gasteiger charge is 2.13. The summed E-state index contributed by atoms with van der Waals surface area (Å²) in [5.74, 6) is -0.196. The lowest BCUT2D eigenvalue weighted by Crippen LogP contribution is -2.22. The van der Waals surface area contributed by atoms with Crippen molar-refractivity contribution >= 4 is 11.3 Å². The molecule has 1 aromatic carbocycles. The predicted octanol–water partition coefficient (Wildman–Crippen LogP) is 3.69. The third kappa shape index (κ3) is 3.11. The summed E-state index contributed by atoms with van der Waals surface area (Å²) in [5.41, 5.74) is 0.952. The van der Waals surface area contributed by atoms with Crippen LogP contribution in [0, 0.1) is 5.82 Å². The van der Waals surface area contributed by atoms with Crippen molar-refractivity contribution in [1.29, 1.82) is 0 Å². The molecule has 2 nitrogen and oxygen atoms in total. The summed E-state index contributed by atoms with van der Waals surface area (Å²) in [6, 6.07) is 6.96. The molecule has 2 rings (SSSR count). The van der Waals surface area contributed by atoms with Gasteiger partial charge in [0.05, 0.1) is 6.04 Å². The summed E-state index contributed by atoms with van der Waals surface area (Å²) in [6.07, 6.45) is 1.80. The van der Waals surface area contributed by atoms with Gasteiger partial charge < -0.3 is 5.32 Å². The first kappa shape index (κ1) is 12.2. The van der Waals surface area contributed by atoms with Gasteiger partial charge in [0.1, 0.15) is 10.8 Å². The van der Waals surface area contributed by atoms with Gasteiger partial charge in [-0.15, -0.1) is 11.3 Å². The number of rotatable bonds is 4. The summed E-state index contributed by atoms with van der Waals surface area (Å²) in [6.45, 7) is 4.09. The minimum Gasteiger partial charge on any atom is -0.302 e. The van der Waals surface area contributed by atoms with E-state index in [2.05, 4.69) is 17.2 Å². The van der Waals surface area contributed by atoms with Gasteiger partial charge >= 0.3 is 0 Å². The van der Waals surface area contributed by atoms with Crippen molar-refractivity contribution in [3.63, 3.8) is 0 Å². The Labute approximate surface area is 105 Å². The van der Waals surface area contributed by atoms with Gasteiger partial charge in [0, 0.05) is 17.6 Å². The molecule has 2 atom stereocenters. The average molecular weight is 250 g/mol. The molecule has 0 aliphatic heterocycles. The largest absolute Gasteiger partial charge is 0.302 e. The molecule has 0 spiro atoms. The zero-order chi connectivity index (χ0) is 12.3. The van der Waals surface area contributed by atoms with Crippen LogP contribution in [0.3, 0.4) is 0 Å². The van der Waals surface area contributed by atoms with Gasteiger partial charge in [0.15, 0.2) is 0 Å². The maximum atomic E-state index is 13.1. The highest BCUT2D eigenvalue weighted by Crippen LogP contribution is 2.20. The van der Waals surface area contributed by atoms with Crippen LogP contribution in [-0.2, 0) is 0 Å². The lowest BCUT2D eigenvalue weighted by Gasteiger charge is -2.18. The average Bonchev–Trinajstić information content (AvgIpc) is 2.82. The van der Waals surface area contributed by atoms with Gasteiger partial charge in [0.25, 0.3) is 0 Å². The Kier molecular flexibility index (Phi) is 3.86. The van der Waals surface area contributed by atoms with Crippen molar-refractivity contribution in [2.24, 2.45) is 0 Å². The van der Waals surface area contributed by atoms with Crippen LogP contribution >= 0.6 is 11.3 Å². The number of aromatic nitrogens is 1. The molecule has 1 heterocycles. The van der Waals surface area contributed by atoms with E-state index in [1.54, 1.807) is 29.7 Å². The molecule has 2 unspecified atom stereocenters. The van der Waals surface area contributed by atoms with E-state index in [9.17, 15) is 4.39 Å². The minimum absolute atomic E-state index is 0.101. The van der Waals surface area contributed by atoms with Crippen molar-refractivity contribution in [2.45, 2.75) is 25.9 Å². The van der Waals surface area contributed by atoms with Crippen molar-refractivity contribution in [3.8, 4) is 0 Å². The van der Waals surface area contributed by atoms with Crippen LogP contribution in [0.1, 0.15) is 36.5 Å². The van der Waals surface area contributed by atoms with Gasteiger partial charge in [0.2, 0.25) is 0 Å². The second-order valence-electron chi connectivity index (χ2n) is 4.04. The fraction of sp³-hybridized carbons (Fsp3) is 0.308. The van der Waals surface area contributed by atoms with Gasteiger partial charge in [-0.1, -0.05) is 12.1 Å². The zero-order valence-corrected chi connectivity index (χ0v) is 10.7. The summed E-state index contributed by atoms with van der Waals surface area (Å²) in [7, 11) is 0. The first-order valence-corrected chi connectivity index (χ1v) is 6.45. The van der Waals surface area contributed by atoms with Gasteiger partial charge in [-0.05, 0) is 31.5 Å². The van der Waals surface area contributed by atoms with Crippen LogP contribution in [-0.4, -0.2) is 4.98 Å². The highest BCUT2D eigenvalue weighted by molar-refractivity contribution is 7.09. The van der Waals surface area contributed by atoms with E-state index in [0.29, 0.717) is 0 Å². The molecule has 1 N–H and O–H groups in total. The summed E-state index contributed by atoms with van der Waals surface area (Å²) >= 11 is 1.62. The third-order valence-corrected chi connectivity index (χ3v) is 3.63. The molecule has 90 valence electrons. The molecule has 0 saturated carbocycles. The second kappa shape index (κ2) is 5.38. The number of halogens is 1. The molecule has 2 aromatic rings. The summed E-state index contributed by atoms with van der Waals surface area (Å²) in [5, 5.41) is 6.41. The van der Waals surface area contributed by atoms with E-state index >= 15 is 0 Å². The molecule has 0 fully saturated rings. The quantitative estimate of drug-likeness (QED) is 0.895. The van der Waals surface area contributed by atoms with E-state index in [1.165, 1.54) is 6.07 Å². The fourth-order valence-electron chi connectivity index (χ4n) is 1.77. The maximum Gasteiger partial charge on any atom is 0.123 e. The Bertz CT molecular complexity index is 470. The Morgan fingerprint density at radius 3 is 2.76 bits per heavy atom. The maximum absolute atomic E-state index is 13.1. The lowest BCUT2D eigenvalue weighted by molar-refractivity contribution is 0.490. The van der Waals surface area contributed by atoms with E-state index < -0.39 is 0 Å². The molecular weight excluding hydrogens is 235 g/mol. The van der Waals surface area contributed by atoms with E-state index in [0.717, 1.165) is 10.6 Å². The predicted molar refractivity (Wildman–Crippen MR) is 68.5 cm³/mol. The molecular formula is C13H15FN2S. The molecule has 17 heavy (non-hydrogen) atoms. The lowest BCUT2D eigenvalue weighted by atomic mass is 10.1. The molecule has 0 saturated heterocycles. The first-order valence-electron chi connectivity index (χ1n) is 5.57. The summed E-state index contributed by atoms with van der Waals surface area (Å²) in [4.78, 5) is 4.26. The van der Waals surface area contributed by atoms with Crippen molar-refractivity contribution < 1.29 is 4.39 Å². The molecule has 0 aliphatic carbocycles. The van der Waals surface area contributed by atoms with Gasteiger partial charge in [-0.3, -0.25) is 0 Å². The van der Waals surface area contributed by atoms with Crippen molar-refractivity contribution in [3.05, 3.63) is 52.2 Å². The van der Waals surface area contributed by atoms with Gasteiger partial charge in [-0.2, -0.15) is 0 Å². The number of nitrogens with zero attached hydrogens (tertiary/aromatic N) is 1. The van der Waals surface area contributed by atoms with E-state index in [4.69, 9.17) is 0 Å². The SMILES string of the molecule is CC(NC(C)c1nccs1)c1cccc(F)c1. The Hall–Kier alpha value is -1.26. The van der Waals surface area contributed by atoms with Crippen molar-refractivity contribution in [1.82, 2.24) is 10.3 Å². The number of thiazole rings is 1. The number of nitrogens with one attached hydrogen (secondary N) is 1. The molecule has 0 radical (unpaired) electrons. The van der Waals surface area contributed by atoms with Crippen LogP contribution in [0.5, 0.6) is 0 Å². The van der Waals surface area contributed by atoms with E-state index in [-0.39, 0.29) is 17.9 Å². The topological polar surface area (TPSA) is 24.9 Å². The van der Waals surface area contributed by atoms with Crippen molar-refractivity contribution in [2.75, 3.05) is 0 Å². The molecule has 4 heteroatoms. The number of benzene rings is 1. The summed E-state index contributed by atoms with van der Waals surface area (Å²) < 4.78 is 13.1. The molecule has 0 aliphatic rings. The monoisotopic (exact) mass is 250 g/mol.